The molecule has 0 radical (unpaired) electrons. The van der Waals surface area contributed by atoms with Gasteiger partial charge >= 0.3 is 6.03 Å². The Bertz CT molecular complexity index is 820. The topological polar surface area (TPSA) is 79.5 Å². The minimum Gasteiger partial charge on any atom is -0.495 e. The third-order valence-corrected chi connectivity index (χ3v) is 5.19. The molecule has 2 unspecified atom stereocenters. The van der Waals surface area contributed by atoms with Crippen molar-refractivity contribution >= 4 is 23.3 Å². The van der Waals surface area contributed by atoms with E-state index in [-0.39, 0.29) is 18.0 Å². The number of methoxy groups -OCH3 is 1. The van der Waals surface area contributed by atoms with Gasteiger partial charge in [-0.05, 0) is 55.2 Å². The van der Waals surface area contributed by atoms with Crippen LogP contribution in [0.1, 0.15) is 43.0 Å². The van der Waals surface area contributed by atoms with Crippen LogP contribution in [-0.2, 0) is 0 Å². The Morgan fingerprint density at radius 2 is 1.68 bits per heavy atom. The van der Waals surface area contributed by atoms with Gasteiger partial charge in [-0.2, -0.15) is 0 Å². The van der Waals surface area contributed by atoms with E-state index in [2.05, 4.69) is 22.9 Å². The highest BCUT2D eigenvalue weighted by atomic mass is 16.5. The first kappa shape index (κ1) is 19.7. The lowest BCUT2D eigenvalue weighted by Gasteiger charge is -2.29. The molecule has 0 bridgehead atoms. The van der Waals surface area contributed by atoms with Gasteiger partial charge in [-0.25, -0.2) is 4.79 Å². The number of amides is 3. The zero-order valence-electron chi connectivity index (χ0n) is 16.3. The van der Waals surface area contributed by atoms with Gasteiger partial charge in [0, 0.05) is 17.3 Å². The fourth-order valence-corrected chi connectivity index (χ4v) is 3.51. The summed E-state index contributed by atoms with van der Waals surface area (Å²) >= 11 is 0. The van der Waals surface area contributed by atoms with Crippen molar-refractivity contribution in [2.45, 2.75) is 38.6 Å². The quantitative estimate of drug-likeness (QED) is 0.705. The van der Waals surface area contributed by atoms with Crippen molar-refractivity contribution in [3.05, 3.63) is 54.1 Å². The van der Waals surface area contributed by atoms with Crippen LogP contribution < -0.4 is 20.7 Å². The molecule has 1 aliphatic rings. The standard InChI is InChI=1S/C22H27N3O3/c1-15-7-3-4-8-18(15)25-22(27)23-17-13-11-16(12-14-17)21(26)24-19-9-5-6-10-20(19)28-2/h5-6,9-15,18H,3-4,7-8H2,1-2H3,(H,24,26)(H2,23,25,27). The molecule has 0 spiro atoms. The summed E-state index contributed by atoms with van der Waals surface area (Å²) in [5.41, 5.74) is 1.76. The molecule has 6 nitrogen and oxygen atoms in total. The number of urea groups is 1. The first-order valence-corrected chi connectivity index (χ1v) is 9.69. The molecule has 0 aliphatic heterocycles. The van der Waals surface area contributed by atoms with E-state index in [9.17, 15) is 9.59 Å². The van der Waals surface area contributed by atoms with Crippen molar-refractivity contribution in [1.82, 2.24) is 5.32 Å². The summed E-state index contributed by atoms with van der Waals surface area (Å²) in [6.45, 7) is 2.18. The average Bonchev–Trinajstić information content (AvgIpc) is 2.70. The van der Waals surface area contributed by atoms with Gasteiger partial charge in [0.1, 0.15) is 5.75 Å². The summed E-state index contributed by atoms with van der Waals surface area (Å²) in [5.74, 6) is 0.861. The molecule has 0 heterocycles. The second kappa shape index (κ2) is 9.26. The highest BCUT2D eigenvalue weighted by Gasteiger charge is 2.22. The minimum absolute atomic E-state index is 0.204. The molecule has 3 rings (SSSR count). The number of nitrogens with one attached hydrogen (secondary N) is 3. The summed E-state index contributed by atoms with van der Waals surface area (Å²) in [7, 11) is 1.56. The lowest BCUT2D eigenvalue weighted by atomic mass is 9.86. The van der Waals surface area contributed by atoms with Crippen molar-refractivity contribution in [1.29, 1.82) is 0 Å². The van der Waals surface area contributed by atoms with E-state index >= 15 is 0 Å². The van der Waals surface area contributed by atoms with Gasteiger partial charge in [0.05, 0.1) is 12.8 Å². The van der Waals surface area contributed by atoms with Gasteiger partial charge in [0.15, 0.2) is 0 Å². The zero-order valence-corrected chi connectivity index (χ0v) is 16.3. The van der Waals surface area contributed by atoms with E-state index in [1.54, 1.807) is 43.5 Å². The van der Waals surface area contributed by atoms with E-state index in [0.717, 1.165) is 19.3 Å². The maximum Gasteiger partial charge on any atom is 0.319 e. The molecular formula is C22H27N3O3. The first-order chi connectivity index (χ1) is 13.6. The molecule has 1 aliphatic carbocycles. The van der Waals surface area contributed by atoms with Crippen molar-refractivity contribution in [3.8, 4) is 5.75 Å². The number of carbonyl (C=O) groups is 2. The van der Waals surface area contributed by atoms with Crippen LogP contribution in [0.15, 0.2) is 48.5 Å². The van der Waals surface area contributed by atoms with Crippen LogP contribution in [0.3, 0.4) is 0 Å². The van der Waals surface area contributed by atoms with Crippen LogP contribution in [-0.4, -0.2) is 25.1 Å². The van der Waals surface area contributed by atoms with Gasteiger partial charge < -0.3 is 20.7 Å². The molecule has 2 atom stereocenters. The SMILES string of the molecule is COc1ccccc1NC(=O)c1ccc(NC(=O)NC2CCCCC2C)cc1. The lowest BCUT2D eigenvalue weighted by Crippen LogP contribution is -2.43. The Morgan fingerprint density at radius 3 is 2.39 bits per heavy atom. The smallest absolute Gasteiger partial charge is 0.319 e. The number of benzene rings is 2. The highest BCUT2D eigenvalue weighted by Crippen LogP contribution is 2.25. The Morgan fingerprint density at radius 1 is 0.964 bits per heavy atom. The van der Waals surface area contributed by atoms with Crippen LogP contribution in [0.2, 0.25) is 0 Å². The van der Waals surface area contributed by atoms with Crippen LogP contribution in [0.4, 0.5) is 16.2 Å². The second-order valence-electron chi connectivity index (χ2n) is 7.20. The summed E-state index contributed by atoms with van der Waals surface area (Å²) in [5, 5.41) is 8.73. The monoisotopic (exact) mass is 381 g/mol. The van der Waals surface area contributed by atoms with Crippen LogP contribution in [0.25, 0.3) is 0 Å². The maximum atomic E-state index is 12.4. The summed E-state index contributed by atoms with van der Waals surface area (Å²) < 4.78 is 5.25. The van der Waals surface area contributed by atoms with E-state index in [1.165, 1.54) is 6.42 Å². The Hall–Kier alpha value is -3.02. The largest absolute Gasteiger partial charge is 0.495 e. The number of carbonyl (C=O) groups excluding carboxylic acids is 2. The van der Waals surface area contributed by atoms with Gasteiger partial charge in [-0.1, -0.05) is 31.9 Å². The number of anilines is 2. The molecule has 28 heavy (non-hydrogen) atoms. The summed E-state index contributed by atoms with van der Waals surface area (Å²) in [6, 6.07) is 14.1. The number of para-hydroxylation sites is 2. The van der Waals surface area contributed by atoms with Gasteiger partial charge in [-0.15, -0.1) is 0 Å². The zero-order chi connectivity index (χ0) is 19.9. The molecule has 3 amide bonds. The predicted octanol–water partition coefficient (Wildman–Crippen LogP) is 4.65. The van der Waals surface area contributed by atoms with E-state index in [1.807, 2.05) is 12.1 Å². The number of hydrogen-bond acceptors (Lipinski definition) is 3. The van der Waals surface area contributed by atoms with Crippen LogP contribution in [0.5, 0.6) is 5.75 Å². The van der Waals surface area contributed by atoms with Crippen molar-refractivity contribution in [2.75, 3.05) is 17.7 Å². The van der Waals surface area contributed by atoms with Crippen molar-refractivity contribution in [2.24, 2.45) is 5.92 Å². The molecule has 2 aromatic rings. The van der Waals surface area contributed by atoms with Crippen LogP contribution >= 0.6 is 0 Å². The van der Waals surface area contributed by atoms with Crippen LogP contribution in [0, 0.1) is 5.92 Å². The third kappa shape index (κ3) is 5.03. The average molecular weight is 381 g/mol. The molecule has 2 aromatic carbocycles. The van der Waals surface area contributed by atoms with Gasteiger partial charge in [-0.3, -0.25) is 4.79 Å². The number of rotatable bonds is 5. The maximum absolute atomic E-state index is 12.4. The summed E-state index contributed by atoms with van der Waals surface area (Å²) in [4.78, 5) is 24.7. The minimum atomic E-state index is -0.239. The Kier molecular flexibility index (Phi) is 6.53. The van der Waals surface area contributed by atoms with E-state index in [0.29, 0.717) is 28.6 Å². The van der Waals surface area contributed by atoms with E-state index in [4.69, 9.17) is 4.74 Å². The second-order valence-corrected chi connectivity index (χ2v) is 7.20. The Labute approximate surface area is 165 Å². The molecule has 6 heteroatoms. The molecule has 148 valence electrons. The molecule has 3 N–H and O–H groups in total. The lowest BCUT2D eigenvalue weighted by molar-refractivity contribution is 0.102. The number of ether oxygens (including phenoxy) is 1. The van der Waals surface area contributed by atoms with Crippen molar-refractivity contribution in [3.63, 3.8) is 0 Å². The number of hydrogen-bond donors (Lipinski definition) is 3. The van der Waals surface area contributed by atoms with E-state index < -0.39 is 0 Å². The third-order valence-electron chi connectivity index (χ3n) is 5.19. The molecular weight excluding hydrogens is 354 g/mol. The fourth-order valence-electron chi connectivity index (χ4n) is 3.51. The summed E-state index contributed by atoms with van der Waals surface area (Å²) in [6.07, 6.45) is 4.57. The highest BCUT2D eigenvalue weighted by molar-refractivity contribution is 6.05. The Balaban J connectivity index is 1.56. The van der Waals surface area contributed by atoms with Gasteiger partial charge in [0.25, 0.3) is 5.91 Å². The molecule has 0 saturated heterocycles. The molecule has 1 saturated carbocycles. The van der Waals surface area contributed by atoms with Crippen molar-refractivity contribution < 1.29 is 14.3 Å². The molecule has 1 fully saturated rings. The normalized spacial score (nSPS) is 18.8. The van der Waals surface area contributed by atoms with Gasteiger partial charge in [0.2, 0.25) is 0 Å². The fraction of sp³-hybridized carbons (Fsp3) is 0.364. The first-order valence-electron chi connectivity index (χ1n) is 9.69. The predicted molar refractivity (Wildman–Crippen MR) is 111 cm³/mol. The molecule has 0 aromatic heterocycles.